The molecule has 7 heteroatoms. The van der Waals surface area contributed by atoms with Crippen LogP contribution < -0.4 is 10.6 Å². The third kappa shape index (κ3) is 4.42. The van der Waals surface area contributed by atoms with Crippen LogP contribution in [0.3, 0.4) is 0 Å². The second kappa shape index (κ2) is 7.31. The van der Waals surface area contributed by atoms with E-state index in [-0.39, 0.29) is 12.6 Å². The predicted molar refractivity (Wildman–Crippen MR) is 95.5 cm³/mol. The van der Waals surface area contributed by atoms with Crippen LogP contribution in [0.2, 0.25) is 0 Å². The van der Waals surface area contributed by atoms with E-state index < -0.39 is 5.60 Å². The van der Waals surface area contributed by atoms with Crippen LogP contribution in [0, 0.1) is 27.7 Å². The monoisotopic (exact) mass is 348 g/mol. The molecule has 0 bridgehead atoms. The highest BCUT2D eigenvalue weighted by atomic mass is 16.3. The van der Waals surface area contributed by atoms with Gasteiger partial charge in [-0.2, -0.15) is 5.10 Å². The standard InChI is InChI=1S/C18H28N4O3/c1-11-9-16(14(4)25-11)18(5,24)10-20-17(23)19-8-7-15-12(2)21-22(6)13(15)3/h9,24H,7-8,10H2,1-6H3,(H2,19,20,23). The lowest BCUT2D eigenvalue weighted by Crippen LogP contribution is -2.44. The molecular weight excluding hydrogens is 320 g/mol. The summed E-state index contributed by atoms with van der Waals surface area (Å²) in [6, 6.07) is 1.49. The number of nitrogens with zero attached hydrogens (tertiary/aromatic N) is 2. The molecule has 2 amide bonds. The van der Waals surface area contributed by atoms with Gasteiger partial charge in [0.05, 0.1) is 12.2 Å². The molecule has 0 fully saturated rings. The molecule has 0 aromatic carbocycles. The van der Waals surface area contributed by atoms with E-state index in [1.165, 1.54) is 0 Å². The Balaban J connectivity index is 1.83. The summed E-state index contributed by atoms with van der Waals surface area (Å²) in [5.74, 6) is 1.40. The highest BCUT2D eigenvalue weighted by molar-refractivity contribution is 5.73. The van der Waals surface area contributed by atoms with E-state index in [2.05, 4.69) is 15.7 Å². The van der Waals surface area contributed by atoms with Crippen LogP contribution in [0.5, 0.6) is 0 Å². The molecule has 138 valence electrons. The molecule has 2 heterocycles. The van der Waals surface area contributed by atoms with E-state index in [0.29, 0.717) is 17.9 Å². The maximum absolute atomic E-state index is 12.0. The molecule has 0 saturated heterocycles. The Labute approximate surface area is 148 Å². The van der Waals surface area contributed by atoms with E-state index in [1.807, 2.05) is 32.5 Å². The van der Waals surface area contributed by atoms with Gasteiger partial charge >= 0.3 is 6.03 Å². The van der Waals surface area contributed by atoms with Crippen molar-refractivity contribution in [2.24, 2.45) is 7.05 Å². The number of hydrogen-bond donors (Lipinski definition) is 3. The normalized spacial score (nSPS) is 13.6. The van der Waals surface area contributed by atoms with Crippen LogP contribution in [-0.2, 0) is 19.1 Å². The zero-order valence-electron chi connectivity index (χ0n) is 15.9. The Kier molecular flexibility index (Phi) is 5.57. The molecule has 2 aromatic heterocycles. The van der Waals surface area contributed by atoms with E-state index in [0.717, 1.165) is 29.1 Å². The van der Waals surface area contributed by atoms with E-state index >= 15 is 0 Å². The number of aromatic nitrogens is 2. The van der Waals surface area contributed by atoms with Crippen LogP contribution in [0.4, 0.5) is 4.79 Å². The topological polar surface area (TPSA) is 92.3 Å². The summed E-state index contributed by atoms with van der Waals surface area (Å²) in [7, 11) is 1.91. The lowest BCUT2D eigenvalue weighted by atomic mass is 9.96. The quantitative estimate of drug-likeness (QED) is 0.744. The second-order valence-corrected chi connectivity index (χ2v) is 6.73. The molecule has 0 radical (unpaired) electrons. The van der Waals surface area contributed by atoms with Crippen molar-refractivity contribution < 1.29 is 14.3 Å². The van der Waals surface area contributed by atoms with Crippen molar-refractivity contribution in [3.63, 3.8) is 0 Å². The maximum Gasteiger partial charge on any atom is 0.314 e. The number of carbonyl (C=O) groups excluding carboxylic acids is 1. The van der Waals surface area contributed by atoms with Gasteiger partial charge in [-0.05, 0) is 52.7 Å². The largest absolute Gasteiger partial charge is 0.466 e. The Morgan fingerprint density at radius 2 is 2.00 bits per heavy atom. The number of aliphatic hydroxyl groups is 1. The number of furan rings is 1. The van der Waals surface area contributed by atoms with Crippen LogP contribution in [-0.4, -0.2) is 34.0 Å². The fraction of sp³-hybridized carbons (Fsp3) is 0.556. The molecule has 0 aliphatic carbocycles. The first kappa shape index (κ1) is 19.1. The molecular formula is C18H28N4O3. The van der Waals surface area contributed by atoms with Crippen molar-refractivity contribution in [3.05, 3.63) is 40.1 Å². The summed E-state index contributed by atoms with van der Waals surface area (Å²) >= 11 is 0. The molecule has 0 saturated carbocycles. The van der Waals surface area contributed by atoms with Gasteiger partial charge in [0.15, 0.2) is 0 Å². The first-order valence-electron chi connectivity index (χ1n) is 8.42. The van der Waals surface area contributed by atoms with Crippen molar-refractivity contribution in [2.45, 2.75) is 46.6 Å². The van der Waals surface area contributed by atoms with Gasteiger partial charge in [0, 0.05) is 24.8 Å². The van der Waals surface area contributed by atoms with Crippen molar-refractivity contribution in [1.82, 2.24) is 20.4 Å². The lowest BCUT2D eigenvalue weighted by Gasteiger charge is -2.23. The summed E-state index contributed by atoms with van der Waals surface area (Å²) in [4.78, 5) is 12.0. The number of aryl methyl sites for hydroxylation is 4. The molecule has 0 aliphatic heterocycles. The molecule has 1 unspecified atom stereocenters. The molecule has 7 nitrogen and oxygen atoms in total. The minimum atomic E-state index is -1.18. The second-order valence-electron chi connectivity index (χ2n) is 6.73. The summed E-state index contributed by atoms with van der Waals surface area (Å²) < 4.78 is 7.29. The van der Waals surface area contributed by atoms with E-state index in [4.69, 9.17) is 4.42 Å². The minimum absolute atomic E-state index is 0.101. The van der Waals surface area contributed by atoms with Crippen molar-refractivity contribution >= 4 is 6.03 Å². The lowest BCUT2D eigenvalue weighted by molar-refractivity contribution is 0.0579. The number of nitrogens with one attached hydrogen (secondary N) is 2. The molecule has 1 atom stereocenters. The van der Waals surface area contributed by atoms with Gasteiger partial charge in [0.1, 0.15) is 17.1 Å². The van der Waals surface area contributed by atoms with Crippen LogP contribution >= 0.6 is 0 Å². The molecule has 2 aromatic rings. The van der Waals surface area contributed by atoms with Crippen molar-refractivity contribution in [3.8, 4) is 0 Å². The predicted octanol–water partition coefficient (Wildman–Crippen LogP) is 2.00. The molecule has 3 N–H and O–H groups in total. The third-order valence-corrected chi connectivity index (χ3v) is 4.53. The van der Waals surface area contributed by atoms with Crippen LogP contribution in [0.25, 0.3) is 0 Å². The fourth-order valence-corrected chi connectivity index (χ4v) is 3.06. The Morgan fingerprint density at radius 3 is 2.52 bits per heavy atom. The maximum atomic E-state index is 12.0. The van der Waals surface area contributed by atoms with E-state index in [1.54, 1.807) is 19.9 Å². The van der Waals surface area contributed by atoms with Gasteiger partial charge in [-0.1, -0.05) is 0 Å². The summed E-state index contributed by atoms with van der Waals surface area (Å²) in [5, 5.41) is 20.5. The average molecular weight is 348 g/mol. The van der Waals surface area contributed by atoms with Gasteiger partial charge in [-0.3, -0.25) is 4.68 Å². The average Bonchev–Trinajstić information content (AvgIpc) is 2.98. The van der Waals surface area contributed by atoms with Gasteiger partial charge in [-0.25, -0.2) is 4.79 Å². The number of hydrogen-bond acceptors (Lipinski definition) is 4. The Hall–Kier alpha value is -2.28. The smallest absolute Gasteiger partial charge is 0.314 e. The van der Waals surface area contributed by atoms with Crippen LogP contribution in [0.1, 0.15) is 41.0 Å². The Bertz CT molecular complexity index is 759. The van der Waals surface area contributed by atoms with Crippen molar-refractivity contribution in [1.29, 1.82) is 0 Å². The number of rotatable bonds is 6. The number of urea groups is 1. The van der Waals surface area contributed by atoms with Gasteiger partial charge in [0.25, 0.3) is 0 Å². The number of carbonyl (C=O) groups is 1. The molecule has 25 heavy (non-hydrogen) atoms. The van der Waals surface area contributed by atoms with Gasteiger partial charge in [0.2, 0.25) is 0 Å². The first-order valence-corrected chi connectivity index (χ1v) is 8.42. The zero-order chi connectivity index (χ0) is 18.8. The summed E-state index contributed by atoms with van der Waals surface area (Å²) in [6.07, 6.45) is 0.718. The summed E-state index contributed by atoms with van der Waals surface area (Å²) in [5.41, 5.74) is 2.74. The highest BCUT2D eigenvalue weighted by Crippen LogP contribution is 2.26. The van der Waals surface area contributed by atoms with Gasteiger partial charge in [-0.15, -0.1) is 0 Å². The molecule has 2 rings (SSSR count). The van der Waals surface area contributed by atoms with Crippen LogP contribution in [0.15, 0.2) is 10.5 Å². The molecule has 0 spiro atoms. The minimum Gasteiger partial charge on any atom is -0.466 e. The fourth-order valence-electron chi connectivity index (χ4n) is 3.06. The third-order valence-electron chi connectivity index (χ3n) is 4.53. The number of amides is 2. The summed E-state index contributed by atoms with van der Waals surface area (Å²) in [6.45, 7) is 9.88. The zero-order valence-corrected chi connectivity index (χ0v) is 15.9. The van der Waals surface area contributed by atoms with Crippen molar-refractivity contribution in [2.75, 3.05) is 13.1 Å². The Morgan fingerprint density at radius 1 is 1.32 bits per heavy atom. The first-order chi connectivity index (χ1) is 11.6. The van der Waals surface area contributed by atoms with E-state index in [9.17, 15) is 9.90 Å². The molecule has 0 aliphatic rings. The van der Waals surface area contributed by atoms with Gasteiger partial charge < -0.3 is 20.2 Å². The highest BCUT2D eigenvalue weighted by Gasteiger charge is 2.28. The SMILES string of the molecule is Cc1cc(C(C)(O)CNC(=O)NCCc2c(C)nn(C)c2C)c(C)o1.